The van der Waals surface area contributed by atoms with E-state index in [4.69, 9.17) is 10.5 Å². The van der Waals surface area contributed by atoms with Gasteiger partial charge < -0.3 is 20.7 Å². The molecule has 94 valence electrons. The van der Waals surface area contributed by atoms with Gasteiger partial charge in [-0.15, -0.1) is 0 Å². The van der Waals surface area contributed by atoms with Gasteiger partial charge in [-0.25, -0.2) is 0 Å². The van der Waals surface area contributed by atoms with E-state index in [1.807, 2.05) is 6.92 Å². The summed E-state index contributed by atoms with van der Waals surface area (Å²) in [5, 5.41) is 18.9. The minimum Gasteiger partial charge on any atom is -0.494 e. The monoisotopic (exact) mass is 239 g/mol. The van der Waals surface area contributed by atoms with Gasteiger partial charge in [-0.2, -0.15) is 0 Å². The Hall–Kier alpha value is -1.59. The number of carbonyl (C=O) groups excluding carboxylic acids is 1. The maximum absolute atomic E-state index is 10.7. The molecule has 1 rings (SSSR count). The summed E-state index contributed by atoms with van der Waals surface area (Å²) < 4.78 is 5.36. The fourth-order valence-corrected chi connectivity index (χ4v) is 1.32. The van der Waals surface area contributed by atoms with Gasteiger partial charge in [0, 0.05) is 0 Å². The van der Waals surface area contributed by atoms with Crippen LogP contribution in [0.4, 0.5) is 0 Å². The molecule has 0 heterocycles. The van der Waals surface area contributed by atoms with Crippen LogP contribution >= 0.6 is 0 Å². The first-order valence-corrected chi connectivity index (χ1v) is 5.44. The SMILES string of the molecule is CCCOc1ccc(C(O)C(O)C(N)=O)cc1. The third-order valence-electron chi connectivity index (χ3n) is 2.29. The maximum Gasteiger partial charge on any atom is 0.249 e. The average molecular weight is 239 g/mol. The van der Waals surface area contributed by atoms with Gasteiger partial charge in [0.25, 0.3) is 0 Å². The van der Waals surface area contributed by atoms with E-state index in [1.165, 1.54) is 0 Å². The van der Waals surface area contributed by atoms with E-state index < -0.39 is 18.1 Å². The topological polar surface area (TPSA) is 92.8 Å². The van der Waals surface area contributed by atoms with Crippen molar-refractivity contribution in [2.24, 2.45) is 5.73 Å². The predicted octanol–water partition coefficient (Wildman–Crippen LogP) is 0.355. The van der Waals surface area contributed by atoms with E-state index in [0.29, 0.717) is 17.9 Å². The van der Waals surface area contributed by atoms with Crippen LogP contribution in [0.25, 0.3) is 0 Å². The minimum atomic E-state index is -1.60. The van der Waals surface area contributed by atoms with E-state index in [9.17, 15) is 15.0 Å². The molecule has 1 aromatic carbocycles. The molecule has 2 unspecified atom stereocenters. The van der Waals surface area contributed by atoms with Crippen LogP contribution in [0, 0.1) is 0 Å². The first kappa shape index (κ1) is 13.5. The molecule has 5 heteroatoms. The molecular formula is C12H17NO4. The highest BCUT2D eigenvalue weighted by Gasteiger charge is 2.23. The van der Waals surface area contributed by atoms with Crippen molar-refractivity contribution in [3.63, 3.8) is 0 Å². The van der Waals surface area contributed by atoms with Gasteiger partial charge in [-0.05, 0) is 24.1 Å². The molecule has 1 aromatic rings. The molecule has 0 aromatic heterocycles. The molecule has 0 bridgehead atoms. The number of hydrogen-bond donors (Lipinski definition) is 3. The highest BCUT2D eigenvalue weighted by atomic mass is 16.5. The van der Waals surface area contributed by atoms with Gasteiger partial charge in [0.05, 0.1) is 6.61 Å². The van der Waals surface area contributed by atoms with Crippen molar-refractivity contribution in [2.75, 3.05) is 6.61 Å². The lowest BCUT2D eigenvalue weighted by Gasteiger charge is -2.15. The lowest BCUT2D eigenvalue weighted by molar-refractivity contribution is -0.131. The number of hydrogen-bond acceptors (Lipinski definition) is 4. The summed E-state index contributed by atoms with van der Waals surface area (Å²) in [4.78, 5) is 10.7. The molecule has 0 aliphatic rings. The van der Waals surface area contributed by atoms with Gasteiger partial charge in [-0.3, -0.25) is 4.79 Å². The molecule has 0 radical (unpaired) electrons. The van der Waals surface area contributed by atoms with Gasteiger partial charge in [0.1, 0.15) is 11.9 Å². The Balaban J connectivity index is 2.69. The fraction of sp³-hybridized carbons (Fsp3) is 0.417. The van der Waals surface area contributed by atoms with E-state index in [2.05, 4.69) is 0 Å². The summed E-state index contributed by atoms with van der Waals surface area (Å²) in [7, 11) is 0. The Morgan fingerprint density at radius 1 is 1.35 bits per heavy atom. The first-order chi connectivity index (χ1) is 8.06. The summed E-state index contributed by atoms with van der Waals surface area (Å²) >= 11 is 0. The second-order valence-corrected chi connectivity index (χ2v) is 3.71. The molecule has 5 nitrogen and oxygen atoms in total. The second-order valence-electron chi connectivity index (χ2n) is 3.71. The molecule has 0 spiro atoms. The normalized spacial score (nSPS) is 14.1. The highest BCUT2D eigenvalue weighted by molar-refractivity contribution is 5.79. The van der Waals surface area contributed by atoms with Crippen LogP contribution in [0.2, 0.25) is 0 Å². The zero-order valence-corrected chi connectivity index (χ0v) is 9.67. The van der Waals surface area contributed by atoms with E-state index in [1.54, 1.807) is 24.3 Å². The van der Waals surface area contributed by atoms with Crippen molar-refractivity contribution in [1.82, 2.24) is 0 Å². The lowest BCUT2D eigenvalue weighted by atomic mass is 10.0. The molecule has 0 saturated carbocycles. The molecule has 0 aliphatic carbocycles. The van der Waals surface area contributed by atoms with Crippen LogP contribution in [0.5, 0.6) is 5.75 Å². The number of aliphatic hydroxyl groups excluding tert-OH is 2. The van der Waals surface area contributed by atoms with Gasteiger partial charge in [-0.1, -0.05) is 19.1 Å². The molecule has 17 heavy (non-hydrogen) atoms. The van der Waals surface area contributed by atoms with Crippen molar-refractivity contribution in [3.05, 3.63) is 29.8 Å². The first-order valence-electron chi connectivity index (χ1n) is 5.44. The Kier molecular flexibility index (Phi) is 4.93. The van der Waals surface area contributed by atoms with E-state index in [0.717, 1.165) is 6.42 Å². The molecule has 4 N–H and O–H groups in total. The van der Waals surface area contributed by atoms with E-state index in [-0.39, 0.29) is 0 Å². The van der Waals surface area contributed by atoms with Gasteiger partial charge in [0.2, 0.25) is 5.91 Å². The highest BCUT2D eigenvalue weighted by Crippen LogP contribution is 2.20. The smallest absolute Gasteiger partial charge is 0.249 e. The number of aliphatic hydroxyl groups is 2. The molecule has 0 fully saturated rings. The van der Waals surface area contributed by atoms with Crippen molar-refractivity contribution < 1.29 is 19.7 Å². The largest absolute Gasteiger partial charge is 0.494 e. The summed E-state index contributed by atoms with van der Waals surface area (Å²) in [5.41, 5.74) is 5.31. The van der Waals surface area contributed by atoms with Crippen LogP contribution in [-0.4, -0.2) is 28.8 Å². The minimum absolute atomic E-state index is 0.417. The second kappa shape index (κ2) is 6.22. The number of amides is 1. The summed E-state index contributed by atoms with van der Waals surface area (Å²) in [6.07, 6.45) is -2.00. The average Bonchev–Trinajstić information content (AvgIpc) is 2.35. The summed E-state index contributed by atoms with van der Waals surface area (Å²) in [6.45, 7) is 2.62. The number of rotatable bonds is 6. The van der Waals surface area contributed by atoms with E-state index >= 15 is 0 Å². The maximum atomic E-state index is 10.7. The Morgan fingerprint density at radius 3 is 2.41 bits per heavy atom. The third-order valence-corrected chi connectivity index (χ3v) is 2.29. The van der Waals surface area contributed by atoms with Crippen LogP contribution in [-0.2, 0) is 4.79 Å². The third kappa shape index (κ3) is 3.72. The van der Waals surface area contributed by atoms with Gasteiger partial charge >= 0.3 is 0 Å². The number of benzene rings is 1. The number of carbonyl (C=O) groups is 1. The van der Waals surface area contributed by atoms with Crippen molar-refractivity contribution in [3.8, 4) is 5.75 Å². The molecule has 2 atom stereocenters. The van der Waals surface area contributed by atoms with Crippen LogP contribution in [0.15, 0.2) is 24.3 Å². The Morgan fingerprint density at radius 2 is 1.94 bits per heavy atom. The number of primary amides is 1. The number of nitrogens with two attached hydrogens (primary N) is 1. The van der Waals surface area contributed by atoms with Crippen LogP contribution < -0.4 is 10.5 Å². The van der Waals surface area contributed by atoms with Gasteiger partial charge in [0.15, 0.2) is 6.10 Å². The quantitative estimate of drug-likeness (QED) is 0.668. The van der Waals surface area contributed by atoms with Crippen molar-refractivity contribution in [2.45, 2.75) is 25.6 Å². The predicted molar refractivity (Wildman–Crippen MR) is 62.4 cm³/mol. The molecule has 0 aliphatic heterocycles. The summed E-state index contributed by atoms with van der Waals surface area (Å²) in [6, 6.07) is 6.51. The van der Waals surface area contributed by atoms with Crippen LogP contribution in [0.1, 0.15) is 25.0 Å². The molecular weight excluding hydrogens is 222 g/mol. The number of ether oxygens (including phenoxy) is 1. The Labute approximate surface area is 99.8 Å². The fourth-order valence-electron chi connectivity index (χ4n) is 1.32. The zero-order valence-electron chi connectivity index (χ0n) is 9.67. The Bertz CT molecular complexity index is 363. The molecule has 1 amide bonds. The standard InChI is InChI=1S/C12H17NO4/c1-2-7-17-9-5-3-8(4-6-9)10(14)11(15)12(13)16/h3-6,10-11,14-15H,2,7H2,1H3,(H2,13,16). The van der Waals surface area contributed by atoms with Crippen molar-refractivity contribution >= 4 is 5.91 Å². The lowest BCUT2D eigenvalue weighted by Crippen LogP contribution is -2.33. The summed E-state index contributed by atoms with van der Waals surface area (Å²) in [5.74, 6) is -0.278. The van der Waals surface area contributed by atoms with Crippen LogP contribution in [0.3, 0.4) is 0 Å². The molecule has 0 saturated heterocycles. The zero-order chi connectivity index (χ0) is 12.8. The van der Waals surface area contributed by atoms with Crippen molar-refractivity contribution in [1.29, 1.82) is 0 Å².